The predicted octanol–water partition coefficient (Wildman–Crippen LogP) is 7.47. The van der Waals surface area contributed by atoms with Crippen molar-refractivity contribution in [3.05, 3.63) is 29.3 Å². The highest BCUT2D eigenvalue weighted by atomic mass is 19.4. The quantitative estimate of drug-likeness (QED) is 0.296. The van der Waals surface area contributed by atoms with Crippen molar-refractivity contribution in [2.24, 2.45) is 17.3 Å². The van der Waals surface area contributed by atoms with E-state index in [1.807, 2.05) is 6.07 Å². The smallest absolute Gasteiger partial charge is 0.435 e. The summed E-state index contributed by atoms with van der Waals surface area (Å²) in [5, 5.41) is 9.80. The van der Waals surface area contributed by atoms with E-state index in [2.05, 4.69) is 11.7 Å². The second-order valence-corrected chi connectivity index (χ2v) is 10.7. The fourth-order valence-electron chi connectivity index (χ4n) is 7.03. The van der Waals surface area contributed by atoms with Crippen molar-refractivity contribution in [3.8, 4) is 5.75 Å². The van der Waals surface area contributed by atoms with Crippen molar-refractivity contribution in [3.63, 3.8) is 0 Å². The molecule has 3 aliphatic rings. The molecule has 0 radical (unpaired) electrons. The van der Waals surface area contributed by atoms with Gasteiger partial charge in [0, 0.05) is 6.61 Å². The molecular formula is C25H29F9O3. The molecule has 0 bridgehead atoms. The van der Waals surface area contributed by atoms with Crippen LogP contribution in [-0.4, -0.2) is 48.6 Å². The Morgan fingerprint density at radius 2 is 1.54 bits per heavy atom. The van der Waals surface area contributed by atoms with E-state index >= 15 is 0 Å². The number of halogens is 9. The minimum atomic E-state index is -6.73. The van der Waals surface area contributed by atoms with Crippen LogP contribution in [0.15, 0.2) is 18.2 Å². The van der Waals surface area contributed by atoms with Crippen molar-refractivity contribution >= 4 is 0 Å². The lowest BCUT2D eigenvalue weighted by Crippen LogP contribution is -2.67. The Balaban J connectivity index is 1.37. The summed E-state index contributed by atoms with van der Waals surface area (Å²) < 4.78 is 126. The highest BCUT2D eigenvalue weighted by Gasteiger charge is 2.85. The van der Waals surface area contributed by atoms with Crippen LogP contribution >= 0.6 is 0 Å². The molecule has 4 rings (SSSR count). The van der Waals surface area contributed by atoms with Crippen molar-refractivity contribution in [2.45, 2.75) is 88.0 Å². The summed E-state index contributed by atoms with van der Waals surface area (Å²) in [6, 6.07) is 5.45. The third-order valence-corrected chi connectivity index (χ3v) is 8.75. The number of rotatable bonds is 6. The zero-order valence-corrected chi connectivity index (χ0v) is 20.1. The average Bonchev–Trinajstić information content (AvgIpc) is 3.09. The van der Waals surface area contributed by atoms with Gasteiger partial charge in [0.05, 0.1) is 12.7 Å². The minimum Gasteiger partial charge on any atom is -0.508 e. The number of ether oxygens (including phenoxy) is 2. The first-order valence-electron chi connectivity index (χ1n) is 12.3. The van der Waals surface area contributed by atoms with Crippen LogP contribution in [0.25, 0.3) is 0 Å². The number of hydrogen-bond donors (Lipinski definition) is 1. The molecule has 37 heavy (non-hydrogen) atoms. The third kappa shape index (κ3) is 4.70. The van der Waals surface area contributed by atoms with Crippen LogP contribution in [0.1, 0.15) is 62.5 Å². The van der Waals surface area contributed by atoms with Gasteiger partial charge in [0.15, 0.2) is 0 Å². The maximum atomic E-state index is 13.0. The molecule has 0 amide bonds. The van der Waals surface area contributed by atoms with E-state index in [9.17, 15) is 44.6 Å². The fourth-order valence-corrected chi connectivity index (χ4v) is 7.03. The predicted molar refractivity (Wildman–Crippen MR) is 114 cm³/mol. The molecule has 0 saturated heterocycles. The van der Waals surface area contributed by atoms with Crippen LogP contribution < -0.4 is 0 Å². The molecule has 3 nitrogen and oxygen atoms in total. The molecule has 1 aromatic carbocycles. The topological polar surface area (TPSA) is 38.7 Å². The molecule has 3 aliphatic carbocycles. The zero-order valence-electron chi connectivity index (χ0n) is 20.1. The molecule has 1 N–H and O–H groups in total. The first-order valence-corrected chi connectivity index (χ1v) is 12.3. The lowest BCUT2D eigenvalue weighted by molar-refractivity contribution is -0.457. The molecule has 0 heterocycles. The second-order valence-electron chi connectivity index (χ2n) is 10.7. The van der Waals surface area contributed by atoms with Crippen LogP contribution in [0.3, 0.4) is 0 Å². The number of aromatic hydroxyl groups is 1. The zero-order chi connectivity index (χ0) is 27.4. The monoisotopic (exact) mass is 548 g/mol. The van der Waals surface area contributed by atoms with Gasteiger partial charge in [-0.25, -0.2) is 0 Å². The van der Waals surface area contributed by atoms with Gasteiger partial charge in [-0.1, -0.05) is 13.0 Å². The SMILES string of the molecule is CC12CCC3c4ccc(O)cc4CCC3C1CCC2OCCCOC(C(F)(F)F)(C(F)(F)F)C(F)(F)F. The van der Waals surface area contributed by atoms with Crippen molar-refractivity contribution in [1.82, 2.24) is 0 Å². The van der Waals surface area contributed by atoms with E-state index < -0.39 is 37.2 Å². The van der Waals surface area contributed by atoms with Gasteiger partial charge in [0.2, 0.25) is 0 Å². The van der Waals surface area contributed by atoms with E-state index in [0.29, 0.717) is 24.2 Å². The number of phenols is 1. The fraction of sp³-hybridized carbons (Fsp3) is 0.760. The van der Waals surface area contributed by atoms with Crippen LogP contribution in [0, 0.1) is 17.3 Å². The van der Waals surface area contributed by atoms with Gasteiger partial charge in [-0.3, -0.25) is 0 Å². The molecule has 2 fully saturated rings. The summed E-state index contributed by atoms with van der Waals surface area (Å²) in [5.41, 5.74) is -4.11. The molecule has 0 aliphatic heterocycles. The molecule has 210 valence electrons. The van der Waals surface area contributed by atoms with Crippen LogP contribution in [0.5, 0.6) is 5.75 Å². The number of phenolic OH excluding ortho intramolecular Hbond substituents is 1. The van der Waals surface area contributed by atoms with Gasteiger partial charge >= 0.3 is 24.1 Å². The molecule has 0 aromatic heterocycles. The number of benzene rings is 1. The van der Waals surface area contributed by atoms with Gasteiger partial charge in [-0.05, 0) is 91.4 Å². The largest absolute Gasteiger partial charge is 0.508 e. The van der Waals surface area contributed by atoms with E-state index in [0.717, 1.165) is 37.7 Å². The minimum absolute atomic E-state index is 0.231. The van der Waals surface area contributed by atoms with Crippen molar-refractivity contribution in [1.29, 1.82) is 0 Å². The maximum Gasteiger partial charge on any atom is 0.435 e. The maximum absolute atomic E-state index is 13.0. The van der Waals surface area contributed by atoms with E-state index in [-0.39, 0.29) is 23.9 Å². The Bertz CT molecular complexity index is 936. The van der Waals surface area contributed by atoms with Crippen molar-refractivity contribution < 1.29 is 54.1 Å². The van der Waals surface area contributed by atoms with E-state index in [4.69, 9.17) is 4.74 Å². The van der Waals surface area contributed by atoms with Gasteiger partial charge in [0.1, 0.15) is 5.75 Å². The van der Waals surface area contributed by atoms with Crippen LogP contribution in [-0.2, 0) is 15.9 Å². The summed E-state index contributed by atoms with van der Waals surface area (Å²) in [7, 11) is 0. The number of hydrogen-bond acceptors (Lipinski definition) is 3. The molecule has 2 saturated carbocycles. The lowest BCUT2D eigenvalue weighted by Gasteiger charge is -2.50. The number of aryl methyl sites for hydroxylation is 1. The standard InChI is InChI=1S/C25H29F9O3/c1-21-10-9-17-16-6-4-15(35)13-14(16)3-5-18(17)19(21)7-8-20(21)36-11-2-12-37-22(23(26,27)28,24(29,30)31)25(32,33)34/h4,6,13,17-20,35H,2-3,5,7-12H2,1H3. The molecule has 0 spiro atoms. The van der Waals surface area contributed by atoms with Crippen LogP contribution in [0.2, 0.25) is 0 Å². The molecule has 1 aromatic rings. The normalized spacial score (nSPS) is 30.5. The Hall–Kier alpha value is -1.69. The second kappa shape index (κ2) is 9.50. The highest BCUT2D eigenvalue weighted by Crippen LogP contribution is 2.61. The molecular weight excluding hydrogens is 519 g/mol. The Morgan fingerprint density at radius 1 is 0.892 bits per heavy atom. The van der Waals surface area contributed by atoms with Crippen LogP contribution in [0.4, 0.5) is 39.5 Å². The number of alkyl halides is 9. The van der Waals surface area contributed by atoms with E-state index in [1.54, 1.807) is 12.1 Å². The summed E-state index contributed by atoms with van der Waals surface area (Å²) in [4.78, 5) is 0. The van der Waals surface area contributed by atoms with Gasteiger partial charge in [0.25, 0.3) is 0 Å². The van der Waals surface area contributed by atoms with Gasteiger partial charge < -0.3 is 14.6 Å². The summed E-state index contributed by atoms with van der Waals surface area (Å²) >= 11 is 0. The lowest BCUT2D eigenvalue weighted by atomic mass is 9.55. The molecule has 12 heteroatoms. The van der Waals surface area contributed by atoms with Gasteiger partial charge in [-0.15, -0.1) is 0 Å². The van der Waals surface area contributed by atoms with Gasteiger partial charge in [-0.2, -0.15) is 39.5 Å². The first kappa shape index (κ1) is 28.3. The van der Waals surface area contributed by atoms with E-state index in [1.165, 1.54) is 5.56 Å². The summed E-state index contributed by atoms with van der Waals surface area (Å²) in [6.45, 7) is 0.350. The highest BCUT2D eigenvalue weighted by molar-refractivity contribution is 5.40. The average molecular weight is 548 g/mol. The Morgan fingerprint density at radius 3 is 2.16 bits per heavy atom. The first-order chi connectivity index (χ1) is 17.0. The Labute approximate surface area is 208 Å². The molecule has 5 unspecified atom stereocenters. The third-order valence-electron chi connectivity index (χ3n) is 8.75. The number of fused-ring (bicyclic) bond motifs is 5. The Kier molecular flexibility index (Phi) is 7.27. The molecule has 5 atom stereocenters. The summed E-state index contributed by atoms with van der Waals surface area (Å²) in [6.07, 6.45) is -16.1. The summed E-state index contributed by atoms with van der Waals surface area (Å²) in [5.74, 6) is 1.27. The van der Waals surface area contributed by atoms with Crippen molar-refractivity contribution in [2.75, 3.05) is 13.2 Å².